The van der Waals surface area contributed by atoms with Gasteiger partial charge in [-0.15, -0.1) is 0 Å². The van der Waals surface area contributed by atoms with Gasteiger partial charge in [0, 0.05) is 16.2 Å². The minimum atomic E-state index is -1.09. The number of benzene rings is 4. The summed E-state index contributed by atoms with van der Waals surface area (Å²) in [7, 11) is 0. The SMILES string of the molecule is Cc1c([O-])c2cc(O)c3c(=O)c4c(O)cccc4c(=O)c3c2c(=O)c1=O. The Hall–Kier alpha value is -3.74. The lowest BCUT2D eigenvalue weighted by molar-refractivity contribution is -0.266. The molecule has 0 unspecified atom stereocenters. The lowest BCUT2D eigenvalue weighted by Gasteiger charge is -2.15. The van der Waals surface area contributed by atoms with Gasteiger partial charge in [0.2, 0.25) is 16.3 Å². The number of aromatic hydroxyl groups is 2. The van der Waals surface area contributed by atoms with Gasteiger partial charge >= 0.3 is 0 Å². The van der Waals surface area contributed by atoms with Crippen LogP contribution in [0.25, 0.3) is 32.3 Å². The zero-order valence-electron chi connectivity index (χ0n) is 13.2. The molecule has 4 aromatic carbocycles. The lowest BCUT2D eigenvalue weighted by Crippen LogP contribution is -2.29. The zero-order valence-corrected chi connectivity index (χ0v) is 13.2. The standard InChI is InChI=1S/C19H10O7/c1-6-15(22)8-5-10(21)13-14(12(8)19(26)16(6)23)17(24)7-3-2-4-9(20)11(7)18(13)25/h2-5,20-22H,1H3/p-1. The molecule has 0 radical (unpaired) electrons. The van der Waals surface area contributed by atoms with Crippen molar-refractivity contribution in [2.24, 2.45) is 0 Å². The summed E-state index contributed by atoms with van der Waals surface area (Å²) in [5.41, 5.74) is -4.16. The van der Waals surface area contributed by atoms with E-state index in [9.17, 15) is 34.5 Å². The summed E-state index contributed by atoms with van der Waals surface area (Å²) in [4.78, 5) is 50.2. The molecule has 0 aliphatic carbocycles. The van der Waals surface area contributed by atoms with Crippen LogP contribution in [0.5, 0.6) is 17.2 Å². The van der Waals surface area contributed by atoms with E-state index in [2.05, 4.69) is 0 Å². The van der Waals surface area contributed by atoms with Crippen LogP contribution in [0.15, 0.2) is 43.4 Å². The third-order valence-electron chi connectivity index (χ3n) is 4.63. The van der Waals surface area contributed by atoms with Gasteiger partial charge in [-0.1, -0.05) is 17.9 Å². The van der Waals surface area contributed by atoms with Crippen molar-refractivity contribution in [3.05, 3.63) is 70.7 Å². The van der Waals surface area contributed by atoms with Crippen molar-refractivity contribution in [2.45, 2.75) is 6.92 Å². The number of rotatable bonds is 0. The highest BCUT2D eigenvalue weighted by molar-refractivity contribution is 6.16. The molecule has 0 fully saturated rings. The summed E-state index contributed by atoms with van der Waals surface area (Å²) < 4.78 is 0. The molecule has 0 atom stereocenters. The summed E-state index contributed by atoms with van der Waals surface area (Å²) in [6.45, 7) is 1.18. The van der Waals surface area contributed by atoms with Crippen LogP contribution in [0.1, 0.15) is 5.56 Å². The smallest absolute Gasteiger partial charge is 0.234 e. The van der Waals surface area contributed by atoms with Crippen LogP contribution in [0.2, 0.25) is 0 Å². The molecule has 0 amide bonds. The molecule has 0 saturated heterocycles. The minimum absolute atomic E-state index is 0.172. The van der Waals surface area contributed by atoms with E-state index in [-0.39, 0.29) is 21.7 Å². The van der Waals surface area contributed by atoms with Gasteiger partial charge in [0.25, 0.3) is 0 Å². The molecule has 0 aliphatic heterocycles. The van der Waals surface area contributed by atoms with Crippen molar-refractivity contribution in [1.82, 2.24) is 0 Å². The third-order valence-corrected chi connectivity index (χ3v) is 4.63. The topological polar surface area (TPSA) is 132 Å². The Balaban J connectivity index is 2.56. The Morgan fingerprint density at radius 2 is 1.42 bits per heavy atom. The quantitative estimate of drug-likeness (QED) is 0.264. The van der Waals surface area contributed by atoms with Crippen LogP contribution >= 0.6 is 0 Å². The van der Waals surface area contributed by atoms with Gasteiger partial charge in [-0.05, 0) is 30.0 Å². The molecule has 2 N–H and O–H groups in total. The molecule has 0 aromatic heterocycles. The summed E-state index contributed by atoms with van der Waals surface area (Å²) >= 11 is 0. The van der Waals surface area contributed by atoms with Gasteiger partial charge in [0.15, 0.2) is 5.43 Å². The van der Waals surface area contributed by atoms with Crippen LogP contribution in [-0.4, -0.2) is 10.2 Å². The van der Waals surface area contributed by atoms with E-state index in [0.717, 1.165) is 6.07 Å². The first kappa shape index (κ1) is 15.8. The molecule has 0 aliphatic rings. The molecule has 128 valence electrons. The van der Waals surface area contributed by atoms with Crippen LogP contribution in [-0.2, 0) is 0 Å². The number of phenols is 2. The van der Waals surface area contributed by atoms with Gasteiger partial charge in [-0.25, -0.2) is 0 Å². The first-order chi connectivity index (χ1) is 12.3. The van der Waals surface area contributed by atoms with Gasteiger partial charge in [-0.2, -0.15) is 0 Å². The summed E-state index contributed by atoms with van der Waals surface area (Å²) in [5, 5.41) is 30.3. The van der Waals surface area contributed by atoms with Gasteiger partial charge < -0.3 is 15.3 Å². The van der Waals surface area contributed by atoms with Crippen LogP contribution in [0.3, 0.4) is 0 Å². The van der Waals surface area contributed by atoms with E-state index in [1.165, 1.54) is 25.1 Å². The van der Waals surface area contributed by atoms with Gasteiger partial charge in [0.05, 0.1) is 10.8 Å². The second-order valence-corrected chi connectivity index (χ2v) is 6.04. The molecule has 26 heavy (non-hydrogen) atoms. The van der Waals surface area contributed by atoms with E-state index in [1.807, 2.05) is 0 Å². The molecule has 0 spiro atoms. The maximum absolute atomic E-state index is 12.9. The molecule has 4 aromatic rings. The zero-order chi connectivity index (χ0) is 18.9. The van der Waals surface area contributed by atoms with E-state index >= 15 is 0 Å². The molecular formula is C19H9O7-. The summed E-state index contributed by atoms with van der Waals surface area (Å²) in [6, 6.07) is 4.74. The lowest BCUT2D eigenvalue weighted by atomic mass is 9.94. The predicted molar refractivity (Wildman–Crippen MR) is 93.9 cm³/mol. The molecule has 7 heteroatoms. The average molecular weight is 349 g/mol. The Bertz CT molecular complexity index is 1490. The van der Waals surface area contributed by atoms with Crippen molar-refractivity contribution in [2.75, 3.05) is 0 Å². The van der Waals surface area contributed by atoms with Crippen molar-refractivity contribution in [3.63, 3.8) is 0 Å². The Morgan fingerprint density at radius 3 is 2.12 bits per heavy atom. The molecule has 0 saturated carbocycles. The monoisotopic (exact) mass is 349 g/mol. The van der Waals surface area contributed by atoms with E-state index in [1.54, 1.807) is 0 Å². The number of phenolic OH excluding ortho intramolecular Hbond substituents is 2. The summed E-state index contributed by atoms with van der Waals surface area (Å²) in [5.74, 6) is -1.91. The number of hydrogen-bond acceptors (Lipinski definition) is 7. The van der Waals surface area contributed by atoms with E-state index in [4.69, 9.17) is 0 Å². The predicted octanol–water partition coefficient (Wildman–Crippen LogP) is 0.256. The van der Waals surface area contributed by atoms with Crippen molar-refractivity contribution in [1.29, 1.82) is 0 Å². The fraction of sp³-hybridized carbons (Fsp3) is 0.0526. The van der Waals surface area contributed by atoms with Crippen molar-refractivity contribution < 1.29 is 15.3 Å². The minimum Gasteiger partial charge on any atom is -0.872 e. The fourth-order valence-electron chi connectivity index (χ4n) is 3.36. The maximum atomic E-state index is 12.9. The molecule has 7 nitrogen and oxygen atoms in total. The Morgan fingerprint density at radius 1 is 0.731 bits per heavy atom. The van der Waals surface area contributed by atoms with Gasteiger partial charge in [0.1, 0.15) is 11.5 Å². The van der Waals surface area contributed by atoms with Crippen LogP contribution < -0.4 is 26.8 Å². The highest BCUT2D eigenvalue weighted by atomic mass is 16.3. The van der Waals surface area contributed by atoms with E-state index < -0.39 is 55.1 Å². The molecular weight excluding hydrogens is 340 g/mol. The molecule has 0 heterocycles. The van der Waals surface area contributed by atoms with Crippen molar-refractivity contribution >= 4 is 32.3 Å². The van der Waals surface area contributed by atoms with Gasteiger partial charge in [-0.3, -0.25) is 19.2 Å². The highest BCUT2D eigenvalue weighted by Crippen LogP contribution is 2.33. The second-order valence-electron chi connectivity index (χ2n) is 6.04. The Labute approximate surface area is 143 Å². The highest BCUT2D eigenvalue weighted by Gasteiger charge is 2.21. The first-order valence-electron chi connectivity index (χ1n) is 7.54. The molecule has 0 bridgehead atoms. The average Bonchev–Trinajstić information content (AvgIpc) is 2.61. The maximum Gasteiger partial charge on any atom is 0.234 e. The normalized spacial score (nSPS) is 11.6. The Kier molecular flexibility index (Phi) is 2.96. The first-order valence-corrected chi connectivity index (χ1v) is 7.54. The van der Waals surface area contributed by atoms with Crippen LogP contribution in [0.4, 0.5) is 0 Å². The van der Waals surface area contributed by atoms with Crippen LogP contribution in [0, 0.1) is 6.92 Å². The summed E-state index contributed by atoms with van der Waals surface area (Å²) in [6.07, 6.45) is 0. The fourth-order valence-corrected chi connectivity index (χ4v) is 3.36. The number of fused-ring (bicyclic) bond motifs is 4. The second kappa shape index (κ2) is 4.89. The largest absolute Gasteiger partial charge is 0.872 e. The molecule has 4 rings (SSSR count). The number of hydrogen-bond donors (Lipinski definition) is 2. The third kappa shape index (κ3) is 1.71. The van der Waals surface area contributed by atoms with Crippen molar-refractivity contribution in [3.8, 4) is 17.2 Å². The van der Waals surface area contributed by atoms with E-state index in [0.29, 0.717) is 0 Å².